The Morgan fingerprint density at radius 2 is 1.41 bits per heavy atom. The van der Waals surface area contributed by atoms with Crippen LogP contribution in [-0.2, 0) is 25.7 Å². The molecule has 1 fully saturated rings. The van der Waals surface area contributed by atoms with Gasteiger partial charge in [0.2, 0.25) is 0 Å². The maximum atomic E-state index is 13.0. The van der Waals surface area contributed by atoms with Crippen LogP contribution in [0.15, 0.2) is 78.9 Å². The highest BCUT2D eigenvalue weighted by Gasteiger charge is 2.25. The van der Waals surface area contributed by atoms with Crippen molar-refractivity contribution in [3.8, 4) is 11.1 Å². The van der Waals surface area contributed by atoms with Crippen molar-refractivity contribution in [2.75, 3.05) is 19.7 Å². The maximum absolute atomic E-state index is 13.0. The van der Waals surface area contributed by atoms with Crippen molar-refractivity contribution in [1.82, 2.24) is 10.2 Å². The lowest BCUT2D eigenvalue weighted by Gasteiger charge is -2.31. The van der Waals surface area contributed by atoms with Crippen molar-refractivity contribution in [2.24, 2.45) is 11.7 Å². The number of nitrogens with zero attached hydrogens (tertiary/aromatic N) is 1. The average Bonchev–Trinajstić information content (AvgIpc) is 3.00. The molecule has 0 aromatic heterocycles. The minimum absolute atomic E-state index is 0.0677. The Balaban J connectivity index is 1.25. The van der Waals surface area contributed by atoms with E-state index in [-0.39, 0.29) is 30.7 Å². The average molecular weight is 557 g/mol. The molecule has 1 saturated heterocycles. The standard InChI is InChI=1S/C31H32N4O6/c32-27(36)20-40-28(37)18-21-14-16-35(17-15-21)30(38)26-12-8-24(9-13-26)23-6-10-25(11-7-23)29(33)34-31(39)41-19-22-4-2-1-3-5-22/h1-13,21H,14-20H2,(H2,32,36)(H2,33,34,39). The number of amidine groups is 1. The van der Waals surface area contributed by atoms with Gasteiger partial charge < -0.3 is 20.1 Å². The lowest BCUT2D eigenvalue weighted by atomic mass is 9.93. The van der Waals surface area contributed by atoms with Gasteiger partial charge in [-0.25, -0.2) is 4.79 Å². The van der Waals surface area contributed by atoms with Gasteiger partial charge in [0, 0.05) is 30.6 Å². The summed E-state index contributed by atoms with van der Waals surface area (Å²) < 4.78 is 10.00. The van der Waals surface area contributed by atoms with Crippen molar-refractivity contribution >= 4 is 29.7 Å². The molecule has 3 aromatic rings. The lowest BCUT2D eigenvalue weighted by molar-refractivity contribution is -0.149. The van der Waals surface area contributed by atoms with Gasteiger partial charge in [0.15, 0.2) is 6.61 Å². The monoisotopic (exact) mass is 556 g/mol. The highest BCUT2D eigenvalue weighted by molar-refractivity contribution is 6.04. The number of nitrogens with one attached hydrogen (secondary N) is 2. The summed E-state index contributed by atoms with van der Waals surface area (Å²) in [6.07, 6.45) is 0.860. The Bertz CT molecular complexity index is 1380. The summed E-state index contributed by atoms with van der Waals surface area (Å²) in [4.78, 5) is 49.4. The number of carbonyl (C=O) groups is 4. The number of hydrogen-bond donors (Lipinski definition) is 3. The molecular weight excluding hydrogens is 524 g/mol. The first-order valence-electron chi connectivity index (χ1n) is 13.3. The number of hydrogen-bond acceptors (Lipinski definition) is 7. The molecule has 41 heavy (non-hydrogen) atoms. The smallest absolute Gasteiger partial charge is 0.413 e. The fourth-order valence-electron chi connectivity index (χ4n) is 4.54. The van der Waals surface area contributed by atoms with Crippen molar-refractivity contribution in [2.45, 2.75) is 25.9 Å². The summed E-state index contributed by atoms with van der Waals surface area (Å²) in [5, 5.41) is 10.6. The number of esters is 1. The number of amides is 3. The first-order valence-corrected chi connectivity index (χ1v) is 13.3. The fraction of sp³-hybridized carbons (Fsp3) is 0.258. The van der Waals surface area contributed by atoms with Gasteiger partial charge in [0.05, 0.1) is 0 Å². The summed E-state index contributed by atoms with van der Waals surface area (Å²) >= 11 is 0. The quantitative estimate of drug-likeness (QED) is 0.207. The van der Waals surface area contributed by atoms with Crippen LogP contribution in [-0.4, -0.2) is 54.3 Å². The largest absolute Gasteiger partial charge is 0.456 e. The topological polar surface area (TPSA) is 152 Å². The molecule has 10 nitrogen and oxygen atoms in total. The molecule has 4 N–H and O–H groups in total. The third-order valence-electron chi connectivity index (χ3n) is 6.81. The second-order valence-corrected chi connectivity index (χ2v) is 9.78. The molecule has 10 heteroatoms. The highest BCUT2D eigenvalue weighted by Crippen LogP contribution is 2.24. The maximum Gasteiger partial charge on any atom is 0.413 e. The van der Waals surface area contributed by atoms with E-state index in [1.165, 1.54) is 0 Å². The molecule has 0 bridgehead atoms. The molecule has 0 aliphatic carbocycles. The molecule has 0 unspecified atom stereocenters. The third-order valence-corrected chi connectivity index (χ3v) is 6.81. The zero-order valence-corrected chi connectivity index (χ0v) is 22.5. The predicted octanol–water partition coefficient (Wildman–Crippen LogP) is 3.88. The van der Waals surface area contributed by atoms with Crippen LogP contribution < -0.4 is 11.1 Å². The van der Waals surface area contributed by atoms with Crippen molar-refractivity contribution < 1.29 is 28.7 Å². The molecule has 0 saturated carbocycles. The molecule has 212 valence electrons. The number of benzene rings is 3. The van der Waals surface area contributed by atoms with E-state index in [2.05, 4.69) is 5.32 Å². The zero-order valence-electron chi connectivity index (χ0n) is 22.5. The molecule has 3 amide bonds. The first-order chi connectivity index (χ1) is 19.8. The Morgan fingerprint density at radius 3 is 2.00 bits per heavy atom. The number of carbonyl (C=O) groups excluding carboxylic acids is 4. The second-order valence-electron chi connectivity index (χ2n) is 9.78. The Kier molecular flexibility index (Phi) is 9.82. The number of ether oxygens (including phenoxy) is 2. The van der Waals surface area contributed by atoms with Crippen molar-refractivity contribution in [3.05, 3.63) is 95.6 Å². The van der Waals surface area contributed by atoms with Crippen LogP contribution in [0.3, 0.4) is 0 Å². The molecule has 0 atom stereocenters. The number of nitrogens with two attached hydrogens (primary N) is 1. The van der Waals surface area contributed by atoms with E-state index in [0.717, 1.165) is 16.7 Å². The third kappa shape index (κ3) is 8.50. The number of primary amides is 1. The van der Waals surface area contributed by atoms with E-state index in [1.54, 1.807) is 29.2 Å². The van der Waals surface area contributed by atoms with Gasteiger partial charge in [0.25, 0.3) is 11.8 Å². The lowest BCUT2D eigenvalue weighted by Crippen LogP contribution is -2.39. The summed E-state index contributed by atoms with van der Waals surface area (Å²) in [7, 11) is 0. The van der Waals surface area contributed by atoms with Crippen molar-refractivity contribution in [1.29, 1.82) is 5.41 Å². The van der Waals surface area contributed by atoms with Crippen molar-refractivity contribution in [3.63, 3.8) is 0 Å². The van der Waals surface area contributed by atoms with Crippen LogP contribution in [0.5, 0.6) is 0 Å². The molecule has 0 radical (unpaired) electrons. The van der Waals surface area contributed by atoms with Gasteiger partial charge in [0.1, 0.15) is 12.4 Å². The van der Waals surface area contributed by atoms with Gasteiger partial charge in [-0.2, -0.15) is 0 Å². The molecule has 0 spiro atoms. The number of likely N-dealkylation sites (tertiary alicyclic amines) is 1. The SMILES string of the molecule is N=C(NC(=O)OCc1ccccc1)c1ccc(-c2ccc(C(=O)N3CCC(CC(=O)OCC(N)=O)CC3)cc2)cc1. The molecular formula is C31H32N4O6. The van der Waals surface area contributed by atoms with Crippen LogP contribution in [0.2, 0.25) is 0 Å². The summed E-state index contributed by atoms with van der Waals surface area (Å²) in [5.41, 5.74) is 8.76. The van der Waals surface area contributed by atoms with E-state index < -0.39 is 24.6 Å². The molecule has 1 aliphatic heterocycles. The van der Waals surface area contributed by atoms with Gasteiger partial charge in [-0.05, 0) is 47.6 Å². The normalized spacial score (nSPS) is 13.2. The Labute approximate surface area is 237 Å². The van der Waals surface area contributed by atoms with Crippen LogP contribution in [0.25, 0.3) is 11.1 Å². The van der Waals surface area contributed by atoms with E-state index in [0.29, 0.717) is 37.1 Å². The summed E-state index contributed by atoms with van der Waals surface area (Å²) in [6, 6.07) is 23.8. The molecule has 4 rings (SSSR count). The van der Waals surface area contributed by atoms with E-state index in [1.807, 2.05) is 54.6 Å². The first kappa shape index (κ1) is 29.0. The van der Waals surface area contributed by atoms with E-state index in [9.17, 15) is 19.2 Å². The Morgan fingerprint density at radius 1 is 0.829 bits per heavy atom. The van der Waals surface area contributed by atoms with Crippen LogP contribution in [0.4, 0.5) is 4.79 Å². The zero-order chi connectivity index (χ0) is 29.2. The van der Waals surface area contributed by atoms with Crippen LogP contribution in [0, 0.1) is 11.3 Å². The van der Waals surface area contributed by atoms with Crippen LogP contribution in [0.1, 0.15) is 40.7 Å². The summed E-state index contributed by atoms with van der Waals surface area (Å²) in [5.74, 6) is -1.18. The van der Waals surface area contributed by atoms with Gasteiger partial charge in [-0.15, -0.1) is 0 Å². The number of rotatable bonds is 9. The predicted molar refractivity (Wildman–Crippen MR) is 152 cm³/mol. The van der Waals surface area contributed by atoms with Crippen LogP contribution >= 0.6 is 0 Å². The minimum atomic E-state index is -0.699. The summed E-state index contributed by atoms with van der Waals surface area (Å²) in [6.45, 7) is 0.778. The van der Waals surface area contributed by atoms with E-state index >= 15 is 0 Å². The number of piperidine rings is 1. The number of alkyl carbamates (subject to hydrolysis) is 1. The van der Waals surface area contributed by atoms with Gasteiger partial charge in [-0.3, -0.25) is 25.1 Å². The van der Waals surface area contributed by atoms with Gasteiger partial charge >= 0.3 is 12.1 Å². The van der Waals surface area contributed by atoms with E-state index in [4.69, 9.17) is 20.6 Å². The highest BCUT2D eigenvalue weighted by atomic mass is 16.5. The minimum Gasteiger partial charge on any atom is -0.456 e. The van der Waals surface area contributed by atoms with Gasteiger partial charge in [-0.1, -0.05) is 66.7 Å². The molecule has 1 heterocycles. The molecule has 3 aromatic carbocycles. The second kappa shape index (κ2) is 13.9. The Hall–Kier alpha value is -4.99. The molecule has 1 aliphatic rings. The fourth-order valence-corrected chi connectivity index (χ4v) is 4.54.